The number of benzene rings is 2. The molecule has 0 N–H and O–H groups in total. The Balaban J connectivity index is 2.01. The highest BCUT2D eigenvalue weighted by Gasteiger charge is 2.20. The summed E-state index contributed by atoms with van der Waals surface area (Å²) >= 11 is 0. The predicted molar refractivity (Wildman–Crippen MR) is 110 cm³/mol. The van der Waals surface area contributed by atoms with Crippen molar-refractivity contribution in [3.05, 3.63) is 93.1 Å². The molecule has 0 amide bonds. The molecule has 148 valence electrons. The van der Waals surface area contributed by atoms with E-state index in [0.29, 0.717) is 11.3 Å². The van der Waals surface area contributed by atoms with Gasteiger partial charge in [0.05, 0.1) is 18.6 Å². The Morgan fingerprint density at radius 2 is 1.69 bits per heavy atom. The van der Waals surface area contributed by atoms with Crippen LogP contribution in [0.2, 0.25) is 0 Å². The number of para-hydroxylation sites is 1. The summed E-state index contributed by atoms with van der Waals surface area (Å²) in [6.45, 7) is 4.32. The Morgan fingerprint density at radius 1 is 1.00 bits per heavy atom. The van der Waals surface area contributed by atoms with Gasteiger partial charge < -0.3 is 4.57 Å². The average Bonchev–Trinajstić information content (AvgIpc) is 3.11. The third-order valence-electron chi connectivity index (χ3n) is 4.76. The van der Waals surface area contributed by atoms with Crippen LogP contribution in [0.25, 0.3) is 16.9 Å². The van der Waals surface area contributed by atoms with Crippen LogP contribution >= 0.6 is 0 Å². The molecule has 0 spiro atoms. The zero-order valence-electron chi connectivity index (χ0n) is 16.2. The molecule has 0 bridgehead atoms. The van der Waals surface area contributed by atoms with Crippen molar-refractivity contribution in [1.29, 1.82) is 0 Å². The van der Waals surface area contributed by atoms with Crippen LogP contribution in [-0.4, -0.2) is 18.7 Å². The molecule has 0 fully saturated rings. The molecule has 0 saturated heterocycles. The minimum absolute atomic E-state index is 0.102. The fraction of sp³-hybridized carbons (Fsp3) is 0.227. The summed E-state index contributed by atoms with van der Waals surface area (Å²) in [5.41, 5.74) is 0.758. The second-order valence-corrected chi connectivity index (χ2v) is 7.40. The van der Waals surface area contributed by atoms with Crippen LogP contribution in [0.4, 0.5) is 4.39 Å². The van der Waals surface area contributed by atoms with Gasteiger partial charge in [-0.1, -0.05) is 50.2 Å². The lowest BCUT2D eigenvalue weighted by atomic mass is 10.2. The molecule has 2 heterocycles. The van der Waals surface area contributed by atoms with E-state index < -0.39 is 11.2 Å². The SMILES string of the molecule is CC(C)Cn1c(=O)c2c(ncn2Cc2ccccc2F)n(-c2ccccc2)c1=O. The van der Waals surface area contributed by atoms with E-state index in [1.807, 2.05) is 32.0 Å². The van der Waals surface area contributed by atoms with Gasteiger partial charge in [-0.2, -0.15) is 0 Å². The van der Waals surface area contributed by atoms with E-state index in [-0.39, 0.29) is 36.0 Å². The van der Waals surface area contributed by atoms with Crippen molar-refractivity contribution in [2.75, 3.05) is 0 Å². The maximum Gasteiger partial charge on any atom is 0.337 e. The number of halogens is 1. The molecule has 0 aliphatic rings. The number of aromatic nitrogens is 4. The van der Waals surface area contributed by atoms with Crippen LogP contribution in [0.1, 0.15) is 19.4 Å². The highest BCUT2D eigenvalue weighted by molar-refractivity contribution is 5.72. The third kappa shape index (κ3) is 3.40. The Labute approximate surface area is 166 Å². The lowest BCUT2D eigenvalue weighted by molar-refractivity contribution is 0.489. The molecule has 29 heavy (non-hydrogen) atoms. The van der Waals surface area contributed by atoms with Gasteiger partial charge in [-0.05, 0) is 24.1 Å². The largest absolute Gasteiger partial charge is 0.337 e. The predicted octanol–water partition coefficient (Wildman–Crippen LogP) is 3.19. The first-order valence-electron chi connectivity index (χ1n) is 9.47. The van der Waals surface area contributed by atoms with Crippen LogP contribution in [-0.2, 0) is 13.1 Å². The molecular weight excluding hydrogens is 371 g/mol. The van der Waals surface area contributed by atoms with Crippen LogP contribution in [0.5, 0.6) is 0 Å². The van der Waals surface area contributed by atoms with Crippen molar-refractivity contribution in [3.63, 3.8) is 0 Å². The van der Waals surface area contributed by atoms with Crippen LogP contribution < -0.4 is 11.2 Å². The summed E-state index contributed by atoms with van der Waals surface area (Å²) < 4.78 is 18.4. The Morgan fingerprint density at radius 3 is 2.38 bits per heavy atom. The molecule has 0 atom stereocenters. The molecule has 6 nitrogen and oxygen atoms in total. The van der Waals surface area contributed by atoms with Crippen molar-refractivity contribution >= 4 is 11.2 Å². The quantitative estimate of drug-likeness (QED) is 0.524. The van der Waals surface area contributed by atoms with Crippen molar-refractivity contribution in [3.8, 4) is 5.69 Å². The zero-order valence-corrected chi connectivity index (χ0v) is 16.2. The van der Waals surface area contributed by atoms with Gasteiger partial charge in [-0.25, -0.2) is 18.7 Å². The summed E-state index contributed by atoms with van der Waals surface area (Å²) in [6.07, 6.45) is 1.48. The van der Waals surface area contributed by atoms with E-state index >= 15 is 0 Å². The fourth-order valence-electron chi connectivity index (χ4n) is 3.45. The smallest absolute Gasteiger partial charge is 0.320 e. The van der Waals surface area contributed by atoms with Gasteiger partial charge in [-0.3, -0.25) is 9.36 Å². The molecule has 2 aromatic carbocycles. The van der Waals surface area contributed by atoms with E-state index in [2.05, 4.69) is 4.98 Å². The minimum Gasteiger partial charge on any atom is -0.320 e. The maximum absolute atomic E-state index is 14.2. The lowest BCUT2D eigenvalue weighted by Crippen LogP contribution is -2.41. The number of fused-ring (bicyclic) bond motifs is 1. The lowest BCUT2D eigenvalue weighted by Gasteiger charge is -2.14. The molecular formula is C22H21FN4O2. The standard InChI is InChI=1S/C22H21FN4O2/c1-15(2)12-26-21(28)19-20(27(22(26)29)17-9-4-3-5-10-17)24-14-25(19)13-16-8-6-7-11-18(16)23/h3-11,14-15H,12-13H2,1-2H3. The molecule has 0 aliphatic heterocycles. The van der Waals surface area contributed by atoms with E-state index in [1.165, 1.54) is 21.5 Å². The Bertz CT molecular complexity index is 1290. The zero-order chi connectivity index (χ0) is 20.5. The molecule has 4 rings (SSSR count). The first kappa shape index (κ1) is 18.9. The minimum atomic E-state index is -0.432. The number of rotatable bonds is 5. The Kier molecular flexibility index (Phi) is 4.88. The molecule has 0 unspecified atom stereocenters. The number of imidazole rings is 1. The maximum atomic E-state index is 14.2. The van der Waals surface area contributed by atoms with Gasteiger partial charge in [0.15, 0.2) is 11.2 Å². The summed E-state index contributed by atoms with van der Waals surface area (Å²) in [6, 6.07) is 15.5. The van der Waals surface area contributed by atoms with E-state index in [4.69, 9.17) is 0 Å². The monoisotopic (exact) mass is 392 g/mol. The summed E-state index contributed by atoms with van der Waals surface area (Å²) in [5, 5.41) is 0. The van der Waals surface area contributed by atoms with Crippen molar-refractivity contribution in [1.82, 2.24) is 18.7 Å². The van der Waals surface area contributed by atoms with Crippen molar-refractivity contribution in [2.45, 2.75) is 26.9 Å². The van der Waals surface area contributed by atoms with Crippen molar-refractivity contribution < 1.29 is 4.39 Å². The normalized spacial score (nSPS) is 11.4. The second kappa shape index (κ2) is 7.50. The Hall–Kier alpha value is -3.48. The van der Waals surface area contributed by atoms with Gasteiger partial charge in [0.25, 0.3) is 5.56 Å². The van der Waals surface area contributed by atoms with E-state index in [9.17, 15) is 14.0 Å². The van der Waals surface area contributed by atoms with E-state index in [1.54, 1.807) is 34.9 Å². The van der Waals surface area contributed by atoms with Gasteiger partial charge in [0.2, 0.25) is 0 Å². The van der Waals surface area contributed by atoms with Gasteiger partial charge >= 0.3 is 5.69 Å². The molecule has 0 radical (unpaired) electrons. The molecule has 0 saturated carbocycles. The van der Waals surface area contributed by atoms with Crippen LogP contribution in [0.15, 0.2) is 70.5 Å². The number of hydrogen-bond donors (Lipinski definition) is 0. The van der Waals surface area contributed by atoms with E-state index in [0.717, 1.165) is 0 Å². The van der Waals surface area contributed by atoms with Gasteiger partial charge in [0, 0.05) is 12.1 Å². The molecule has 2 aromatic heterocycles. The second-order valence-electron chi connectivity index (χ2n) is 7.40. The topological polar surface area (TPSA) is 61.8 Å². The summed E-state index contributed by atoms with van der Waals surface area (Å²) in [5.74, 6) is -0.252. The number of hydrogen-bond acceptors (Lipinski definition) is 3. The number of nitrogens with zero attached hydrogens (tertiary/aromatic N) is 4. The van der Waals surface area contributed by atoms with Crippen LogP contribution in [0, 0.1) is 11.7 Å². The summed E-state index contributed by atoms with van der Waals surface area (Å²) in [4.78, 5) is 30.8. The highest BCUT2D eigenvalue weighted by atomic mass is 19.1. The highest BCUT2D eigenvalue weighted by Crippen LogP contribution is 2.16. The molecule has 4 aromatic rings. The summed E-state index contributed by atoms with van der Waals surface area (Å²) in [7, 11) is 0. The molecule has 0 aliphatic carbocycles. The van der Waals surface area contributed by atoms with Crippen molar-refractivity contribution in [2.24, 2.45) is 5.92 Å². The first-order chi connectivity index (χ1) is 14.0. The molecule has 7 heteroatoms. The van der Waals surface area contributed by atoms with Crippen LogP contribution in [0.3, 0.4) is 0 Å². The average molecular weight is 392 g/mol. The van der Waals surface area contributed by atoms with Gasteiger partial charge in [-0.15, -0.1) is 0 Å². The fourth-order valence-corrected chi connectivity index (χ4v) is 3.45. The third-order valence-corrected chi connectivity index (χ3v) is 4.76. The first-order valence-corrected chi connectivity index (χ1v) is 9.47. The van der Waals surface area contributed by atoms with Gasteiger partial charge in [0.1, 0.15) is 5.82 Å².